The molecule has 7 heteroatoms. The zero-order chi connectivity index (χ0) is 21.1. The second-order valence-electron chi connectivity index (χ2n) is 7.57. The lowest BCUT2D eigenvalue weighted by Gasteiger charge is -2.37. The van der Waals surface area contributed by atoms with Gasteiger partial charge in [0.05, 0.1) is 37.5 Å². The standard InChI is InChI=1S/C23H27N3O4/c1-3-25-15-17(30-21-11-7-4-8-18(21)25)14-24(2)23(28)16-26-19-9-5-6-10-20(19)29-13-12-22(26)27/h4-11,17H,3,12-16H2,1-2H3/t17-/m0/s1. The average molecular weight is 409 g/mol. The van der Waals surface area contributed by atoms with E-state index in [1.165, 1.54) is 4.90 Å². The minimum atomic E-state index is -0.135. The molecule has 2 aromatic carbocycles. The summed E-state index contributed by atoms with van der Waals surface area (Å²) in [6, 6.07) is 15.3. The largest absolute Gasteiger partial charge is 0.491 e. The number of ether oxygens (including phenoxy) is 2. The second kappa shape index (κ2) is 8.65. The van der Waals surface area contributed by atoms with E-state index < -0.39 is 0 Å². The van der Waals surface area contributed by atoms with Crippen LogP contribution in [0.2, 0.25) is 0 Å². The molecule has 0 saturated heterocycles. The number of carbonyl (C=O) groups excluding carboxylic acids is 2. The van der Waals surface area contributed by atoms with Crippen molar-refractivity contribution in [2.24, 2.45) is 0 Å². The smallest absolute Gasteiger partial charge is 0.242 e. The van der Waals surface area contributed by atoms with E-state index in [4.69, 9.17) is 9.47 Å². The van der Waals surface area contributed by atoms with E-state index in [1.54, 1.807) is 11.9 Å². The maximum absolute atomic E-state index is 13.0. The van der Waals surface area contributed by atoms with E-state index >= 15 is 0 Å². The normalized spacial score (nSPS) is 17.9. The molecule has 2 aromatic rings. The van der Waals surface area contributed by atoms with E-state index in [9.17, 15) is 9.59 Å². The first-order valence-corrected chi connectivity index (χ1v) is 10.3. The van der Waals surface area contributed by atoms with Crippen LogP contribution in [0.15, 0.2) is 48.5 Å². The van der Waals surface area contributed by atoms with Gasteiger partial charge >= 0.3 is 0 Å². The van der Waals surface area contributed by atoms with Crippen LogP contribution in [0.5, 0.6) is 11.5 Å². The van der Waals surface area contributed by atoms with Gasteiger partial charge in [0.1, 0.15) is 24.1 Å². The highest BCUT2D eigenvalue weighted by molar-refractivity contribution is 6.00. The van der Waals surface area contributed by atoms with Crippen molar-refractivity contribution in [1.29, 1.82) is 0 Å². The maximum atomic E-state index is 13.0. The summed E-state index contributed by atoms with van der Waals surface area (Å²) < 4.78 is 11.8. The van der Waals surface area contributed by atoms with Crippen molar-refractivity contribution in [1.82, 2.24) is 4.90 Å². The average Bonchev–Trinajstić information content (AvgIpc) is 2.91. The van der Waals surface area contributed by atoms with E-state index in [2.05, 4.69) is 11.8 Å². The second-order valence-corrected chi connectivity index (χ2v) is 7.57. The van der Waals surface area contributed by atoms with Gasteiger partial charge in [0.25, 0.3) is 0 Å². The van der Waals surface area contributed by atoms with Gasteiger partial charge in [0.15, 0.2) is 0 Å². The zero-order valence-electron chi connectivity index (χ0n) is 17.4. The SMILES string of the molecule is CCN1C[C@H](CN(C)C(=O)CN2C(=O)CCOc3ccccc32)Oc2ccccc21. The van der Waals surface area contributed by atoms with Gasteiger partial charge in [0, 0.05) is 13.6 Å². The summed E-state index contributed by atoms with van der Waals surface area (Å²) >= 11 is 0. The lowest BCUT2D eigenvalue weighted by atomic mass is 10.2. The summed E-state index contributed by atoms with van der Waals surface area (Å²) in [7, 11) is 1.76. The first kappa shape index (κ1) is 20.1. The molecule has 0 bridgehead atoms. The third-order valence-electron chi connectivity index (χ3n) is 5.53. The lowest BCUT2D eigenvalue weighted by molar-refractivity contribution is -0.131. The molecule has 0 spiro atoms. The Hall–Kier alpha value is -3.22. The molecule has 0 N–H and O–H groups in total. The number of hydrogen-bond acceptors (Lipinski definition) is 5. The summed E-state index contributed by atoms with van der Waals surface area (Å²) in [6.45, 7) is 4.44. The Morgan fingerprint density at radius 1 is 1.10 bits per heavy atom. The third kappa shape index (κ3) is 4.06. The van der Waals surface area contributed by atoms with Crippen molar-refractivity contribution in [3.8, 4) is 11.5 Å². The molecule has 0 radical (unpaired) electrons. The fourth-order valence-electron chi connectivity index (χ4n) is 3.93. The van der Waals surface area contributed by atoms with E-state index in [0.29, 0.717) is 31.1 Å². The monoisotopic (exact) mass is 409 g/mol. The first-order chi connectivity index (χ1) is 14.6. The van der Waals surface area contributed by atoms with Gasteiger partial charge in [-0.3, -0.25) is 14.5 Å². The molecule has 2 aliphatic heterocycles. The number of fused-ring (bicyclic) bond motifs is 2. The van der Waals surface area contributed by atoms with Crippen LogP contribution < -0.4 is 19.3 Å². The van der Waals surface area contributed by atoms with Gasteiger partial charge < -0.3 is 19.3 Å². The molecule has 0 saturated carbocycles. The Morgan fingerprint density at radius 3 is 2.57 bits per heavy atom. The van der Waals surface area contributed by atoms with Crippen molar-refractivity contribution in [2.75, 3.05) is 49.6 Å². The molecule has 2 amide bonds. The van der Waals surface area contributed by atoms with Gasteiger partial charge in [-0.2, -0.15) is 0 Å². The minimum Gasteiger partial charge on any atom is -0.491 e. The number of anilines is 2. The number of amides is 2. The summed E-state index contributed by atoms with van der Waals surface area (Å²) in [6.07, 6.45) is 0.115. The Kier molecular flexibility index (Phi) is 5.79. The molecule has 2 heterocycles. The van der Waals surface area contributed by atoms with Crippen LogP contribution in [0, 0.1) is 0 Å². The summed E-state index contributed by atoms with van der Waals surface area (Å²) in [5, 5.41) is 0. The minimum absolute atomic E-state index is 0.0174. The fraction of sp³-hybridized carbons (Fsp3) is 0.391. The lowest BCUT2D eigenvalue weighted by Crippen LogP contribution is -2.49. The molecule has 0 aromatic heterocycles. The summed E-state index contributed by atoms with van der Waals surface area (Å²) in [4.78, 5) is 31.0. The number of rotatable bonds is 5. The van der Waals surface area contributed by atoms with Crippen molar-refractivity contribution in [3.63, 3.8) is 0 Å². The van der Waals surface area contributed by atoms with Crippen molar-refractivity contribution >= 4 is 23.2 Å². The zero-order valence-corrected chi connectivity index (χ0v) is 17.4. The third-order valence-corrected chi connectivity index (χ3v) is 5.53. The number of benzene rings is 2. The van der Waals surface area contributed by atoms with Crippen LogP contribution >= 0.6 is 0 Å². The quantitative estimate of drug-likeness (QED) is 0.760. The molecule has 0 aliphatic carbocycles. The molecule has 1 atom stereocenters. The Morgan fingerprint density at radius 2 is 1.80 bits per heavy atom. The van der Waals surface area contributed by atoms with Crippen LogP contribution in [0.1, 0.15) is 13.3 Å². The van der Waals surface area contributed by atoms with Crippen molar-refractivity contribution < 1.29 is 19.1 Å². The molecular weight excluding hydrogens is 382 g/mol. The Bertz CT molecular complexity index is 932. The van der Waals surface area contributed by atoms with Gasteiger partial charge in [-0.15, -0.1) is 0 Å². The summed E-state index contributed by atoms with van der Waals surface area (Å²) in [5.41, 5.74) is 1.72. The molecule has 30 heavy (non-hydrogen) atoms. The highest BCUT2D eigenvalue weighted by Gasteiger charge is 2.29. The van der Waals surface area contributed by atoms with E-state index in [-0.39, 0.29) is 30.9 Å². The van der Waals surface area contributed by atoms with Gasteiger partial charge in [-0.25, -0.2) is 0 Å². The van der Waals surface area contributed by atoms with Crippen LogP contribution in [-0.4, -0.2) is 62.7 Å². The number of likely N-dealkylation sites (N-methyl/N-ethyl adjacent to an activating group) is 2. The first-order valence-electron chi connectivity index (χ1n) is 10.3. The molecule has 0 fully saturated rings. The topological polar surface area (TPSA) is 62.3 Å². The molecule has 158 valence electrons. The van der Waals surface area contributed by atoms with Gasteiger partial charge in [-0.05, 0) is 31.2 Å². The molecule has 0 unspecified atom stereocenters. The number of para-hydroxylation sites is 4. The molecule has 2 aliphatic rings. The predicted molar refractivity (Wildman–Crippen MR) is 115 cm³/mol. The van der Waals surface area contributed by atoms with E-state index in [0.717, 1.165) is 18.0 Å². The van der Waals surface area contributed by atoms with Crippen LogP contribution in [0.3, 0.4) is 0 Å². The molecule has 4 rings (SSSR count). The predicted octanol–water partition coefficient (Wildman–Crippen LogP) is 2.55. The molecule has 7 nitrogen and oxygen atoms in total. The van der Waals surface area contributed by atoms with Crippen LogP contribution in [0.4, 0.5) is 11.4 Å². The summed E-state index contributed by atoms with van der Waals surface area (Å²) in [5.74, 6) is 1.22. The highest BCUT2D eigenvalue weighted by Crippen LogP contribution is 2.33. The van der Waals surface area contributed by atoms with Crippen molar-refractivity contribution in [3.05, 3.63) is 48.5 Å². The van der Waals surface area contributed by atoms with Crippen molar-refractivity contribution in [2.45, 2.75) is 19.4 Å². The van der Waals surface area contributed by atoms with Gasteiger partial charge in [-0.1, -0.05) is 24.3 Å². The van der Waals surface area contributed by atoms with Gasteiger partial charge in [0.2, 0.25) is 11.8 Å². The number of carbonyl (C=O) groups is 2. The maximum Gasteiger partial charge on any atom is 0.242 e. The number of hydrogen-bond donors (Lipinski definition) is 0. The molecular formula is C23H27N3O4. The Labute approximate surface area is 176 Å². The van der Waals surface area contributed by atoms with Crippen LogP contribution in [-0.2, 0) is 9.59 Å². The van der Waals surface area contributed by atoms with E-state index in [1.807, 2.05) is 48.5 Å². The Balaban J connectivity index is 1.44. The fourth-order valence-corrected chi connectivity index (χ4v) is 3.93. The van der Waals surface area contributed by atoms with Crippen LogP contribution in [0.25, 0.3) is 0 Å². The number of nitrogens with zero attached hydrogens (tertiary/aromatic N) is 3. The highest BCUT2D eigenvalue weighted by atomic mass is 16.5.